The van der Waals surface area contributed by atoms with Gasteiger partial charge in [0.2, 0.25) is 0 Å². The number of amides is 2. The number of thioether (sulfide) groups is 1. The van der Waals surface area contributed by atoms with Gasteiger partial charge in [0, 0.05) is 0 Å². The van der Waals surface area contributed by atoms with Gasteiger partial charge in [0.1, 0.15) is 0 Å². The van der Waals surface area contributed by atoms with Crippen LogP contribution in [-0.2, 0) is 11.2 Å². The van der Waals surface area contributed by atoms with Gasteiger partial charge in [0.15, 0.2) is 0 Å². The molecule has 4 heteroatoms. The highest BCUT2D eigenvalue weighted by Crippen LogP contribution is 2.35. The normalized spacial score (nSPS) is 16.1. The molecule has 3 rings (SSSR count). The van der Waals surface area contributed by atoms with Gasteiger partial charge in [-0.2, -0.15) is 0 Å². The van der Waals surface area contributed by atoms with E-state index in [4.69, 9.17) is 0 Å². The van der Waals surface area contributed by atoms with Crippen LogP contribution in [0.2, 0.25) is 0 Å². The van der Waals surface area contributed by atoms with Gasteiger partial charge in [-0.05, 0) is 60.9 Å². The molecule has 0 radical (unpaired) electrons. The molecule has 0 unspecified atom stereocenters. The molecule has 2 amide bonds. The van der Waals surface area contributed by atoms with Crippen LogP contribution in [0.5, 0.6) is 0 Å². The summed E-state index contributed by atoms with van der Waals surface area (Å²) in [4.78, 5) is 26.7. The topological polar surface area (TPSA) is 37.4 Å². The molecule has 0 bridgehead atoms. The monoisotopic (exact) mass is 351 g/mol. The maximum absolute atomic E-state index is 12.7. The highest BCUT2D eigenvalue weighted by Gasteiger charge is 2.36. The third kappa shape index (κ3) is 4.02. The Kier molecular flexibility index (Phi) is 5.39. The van der Waals surface area contributed by atoms with Crippen LogP contribution in [0.3, 0.4) is 0 Å². The van der Waals surface area contributed by atoms with Crippen LogP contribution in [0.1, 0.15) is 36.5 Å². The lowest BCUT2D eigenvalue weighted by Gasteiger charge is -2.13. The molecule has 0 aromatic heterocycles. The van der Waals surface area contributed by atoms with Crippen molar-refractivity contribution in [3.05, 3.63) is 70.1 Å². The third-order valence-corrected chi connectivity index (χ3v) is 5.02. The summed E-state index contributed by atoms with van der Waals surface area (Å²) >= 11 is 0.994. The van der Waals surface area contributed by atoms with Crippen molar-refractivity contribution in [2.45, 2.75) is 33.1 Å². The number of anilines is 1. The lowest BCUT2D eigenvalue weighted by atomic mass is 10.1. The zero-order valence-corrected chi connectivity index (χ0v) is 15.3. The first-order valence-electron chi connectivity index (χ1n) is 8.52. The van der Waals surface area contributed by atoms with E-state index in [0.29, 0.717) is 10.6 Å². The summed E-state index contributed by atoms with van der Waals surface area (Å²) in [5, 5.41) is -0.245. The summed E-state index contributed by atoms with van der Waals surface area (Å²) in [6.45, 7) is 4.17. The van der Waals surface area contributed by atoms with E-state index in [2.05, 4.69) is 6.92 Å². The Hall–Kier alpha value is -2.33. The van der Waals surface area contributed by atoms with Gasteiger partial charge in [0.05, 0.1) is 10.6 Å². The highest BCUT2D eigenvalue weighted by molar-refractivity contribution is 8.19. The van der Waals surface area contributed by atoms with E-state index in [0.717, 1.165) is 42.2 Å². The molecule has 2 aromatic rings. The van der Waals surface area contributed by atoms with Crippen LogP contribution in [-0.4, -0.2) is 11.1 Å². The molecule has 0 saturated carbocycles. The van der Waals surface area contributed by atoms with Crippen molar-refractivity contribution >= 4 is 34.7 Å². The average molecular weight is 351 g/mol. The van der Waals surface area contributed by atoms with Crippen LogP contribution in [0, 0.1) is 6.92 Å². The van der Waals surface area contributed by atoms with Gasteiger partial charge < -0.3 is 0 Å². The van der Waals surface area contributed by atoms with Gasteiger partial charge in [-0.25, -0.2) is 4.90 Å². The number of unbranched alkanes of at least 4 members (excludes halogenated alkanes) is 1. The number of carbonyl (C=O) groups is 2. The maximum atomic E-state index is 12.7. The van der Waals surface area contributed by atoms with Crippen molar-refractivity contribution in [1.82, 2.24) is 0 Å². The molecule has 0 atom stereocenters. The number of hydrogen-bond acceptors (Lipinski definition) is 3. The van der Waals surface area contributed by atoms with Crippen LogP contribution < -0.4 is 4.90 Å². The third-order valence-electron chi connectivity index (χ3n) is 4.15. The first-order chi connectivity index (χ1) is 12.1. The standard InChI is InChI=1S/C21H21NO2S/c1-3-4-7-16-9-11-18(12-10-16)22-20(23)19(25-21(22)24)14-17-8-5-6-15(2)13-17/h5-6,8-14H,3-4,7H2,1-2H3/b19-14-. The number of imide groups is 1. The van der Waals surface area contributed by atoms with Crippen molar-refractivity contribution < 1.29 is 9.59 Å². The van der Waals surface area contributed by atoms with E-state index in [1.165, 1.54) is 10.5 Å². The Balaban J connectivity index is 1.81. The van der Waals surface area contributed by atoms with Gasteiger partial charge >= 0.3 is 0 Å². The minimum atomic E-state index is -0.252. The second-order valence-electron chi connectivity index (χ2n) is 6.20. The van der Waals surface area contributed by atoms with Crippen molar-refractivity contribution in [1.29, 1.82) is 0 Å². The van der Waals surface area contributed by atoms with Crippen molar-refractivity contribution in [2.24, 2.45) is 0 Å². The minimum Gasteiger partial charge on any atom is -0.268 e. The van der Waals surface area contributed by atoms with Gasteiger partial charge in [-0.15, -0.1) is 0 Å². The van der Waals surface area contributed by atoms with Crippen LogP contribution in [0.4, 0.5) is 10.5 Å². The molecule has 1 saturated heterocycles. The van der Waals surface area contributed by atoms with E-state index < -0.39 is 0 Å². The fourth-order valence-electron chi connectivity index (χ4n) is 2.79. The van der Waals surface area contributed by atoms with Crippen molar-refractivity contribution in [2.75, 3.05) is 4.90 Å². The second kappa shape index (κ2) is 7.70. The Morgan fingerprint density at radius 1 is 1.08 bits per heavy atom. The molecular weight excluding hydrogens is 330 g/mol. The Bertz CT molecular complexity index is 824. The molecule has 1 aliphatic heterocycles. The first-order valence-corrected chi connectivity index (χ1v) is 9.33. The lowest BCUT2D eigenvalue weighted by Crippen LogP contribution is -2.27. The summed E-state index contributed by atoms with van der Waals surface area (Å²) in [6, 6.07) is 15.6. The van der Waals surface area contributed by atoms with E-state index in [-0.39, 0.29) is 11.1 Å². The first kappa shape index (κ1) is 17.5. The fraction of sp³-hybridized carbons (Fsp3) is 0.238. The molecule has 25 heavy (non-hydrogen) atoms. The molecule has 0 spiro atoms. The molecule has 3 nitrogen and oxygen atoms in total. The number of carbonyl (C=O) groups excluding carboxylic acids is 2. The molecule has 128 valence electrons. The van der Waals surface area contributed by atoms with E-state index in [9.17, 15) is 9.59 Å². The van der Waals surface area contributed by atoms with Crippen LogP contribution in [0.15, 0.2) is 53.4 Å². The summed E-state index contributed by atoms with van der Waals surface area (Å²) in [6.07, 6.45) is 5.09. The Morgan fingerprint density at radius 3 is 2.52 bits per heavy atom. The van der Waals surface area contributed by atoms with E-state index in [1.807, 2.05) is 55.5 Å². The molecule has 1 fully saturated rings. The molecular formula is C21H21NO2S. The maximum Gasteiger partial charge on any atom is 0.298 e. The Morgan fingerprint density at radius 2 is 1.84 bits per heavy atom. The highest BCUT2D eigenvalue weighted by atomic mass is 32.2. The predicted molar refractivity (Wildman–Crippen MR) is 105 cm³/mol. The quantitative estimate of drug-likeness (QED) is 0.660. The van der Waals surface area contributed by atoms with Gasteiger partial charge in [-0.3, -0.25) is 9.59 Å². The summed E-state index contributed by atoms with van der Waals surface area (Å²) in [7, 11) is 0. The Labute approximate surface area is 152 Å². The lowest BCUT2D eigenvalue weighted by molar-refractivity contribution is -0.113. The SMILES string of the molecule is CCCCc1ccc(N2C(=O)S/C(=C\c3cccc(C)c3)C2=O)cc1. The smallest absolute Gasteiger partial charge is 0.268 e. The molecule has 1 aliphatic rings. The second-order valence-corrected chi connectivity index (χ2v) is 7.19. The predicted octanol–water partition coefficient (Wildman–Crippen LogP) is 5.58. The largest absolute Gasteiger partial charge is 0.298 e. The molecule has 0 N–H and O–H groups in total. The zero-order valence-electron chi connectivity index (χ0n) is 14.5. The van der Waals surface area contributed by atoms with Crippen molar-refractivity contribution in [3.63, 3.8) is 0 Å². The van der Waals surface area contributed by atoms with Gasteiger partial charge in [-0.1, -0.05) is 55.3 Å². The summed E-state index contributed by atoms with van der Waals surface area (Å²) in [5.41, 5.74) is 3.92. The van der Waals surface area contributed by atoms with Crippen LogP contribution >= 0.6 is 11.8 Å². The minimum absolute atomic E-state index is 0.245. The number of benzene rings is 2. The van der Waals surface area contributed by atoms with E-state index in [1.54, 1.807) is 6.08 Å². The summed E-state index contributed by atoms with van der Waals surface area (Å²) < 4.78 is 0. The number of rotatable bonds is 5. The molecule has 1 heterocycles. The molecule has 0 aliphatic carbocycles. The fourth-order valence-corrected chi connectivity index (χ4v) is 3.64. The number of aryl methyl sites for hydroxylation is 2. The van der Waals surface area contributed by atoms with Crippen LogP contribution in [0.25, 0.3) is 6.08 Å². The summed E-state index contributed by atoms with van der Waals surface area (Å²) in [5.74, 6) is -0.252. The average Bonchev–Trinajstić information content (AvgIpc) is 2.87. The van der Waals surface area contributed by atoms with Gasteiger partial charge in [0.25, 0.3) is 11.1 Å². The number of nitrogens with zero attached hydrogens (tertiary/aromatic N) is 1. The molecule has 2 aromatic carbocycles. The van der Waals surface area contributed by atoms with E-state index >= 15 is 0 Å². The zero-order chi connectivity index (χ0) is 17.8. The number of hydrogen-bond donors (Lipinski definition) is 0. The van der Waals surface area contributed by atoms with Crippen molar-refractivity contribution in [3.8, 4) is 0 Å².